The van der Waals surface area contributed by atoms with Crippen LogP contribution in [0.25, 0.3) is 5.69 Å². The second-order valence-electron chi connectivity index (χ2n) is 6.14. The van der Waals surface area contributed by atoms with Crippen molar-refractivity contribution in [3.8, 4) is 5.69 Å². The van der Waals surface area contributed by atoms with Gasteiger partial charge in [0.05, 0.1) is 22.6 Å². The summed E-state index contributed by atoms with van der Waals surface area (Å²) in [7, 11) is 0. The van der Waals surface area contributed by atoms with E-state index in [2.05, 4.69) is 15.4 Å². The van der Waals surface area contributed by atoms with Gasteiger partial charge in [0.15, 0.2) is 0 Å². The van der Waals surface area contributed by atoms with Gasteiger partial charge in [-0.05, 0) is 36.8 Å². The van der Waals surface area contributed by atoms with E-state index in [1.54, 1.807) is 18.3 Å². The van der Waals surface area contributed by atoms with E-state index in [1.165, 1.54) is 12.3 Å². The minimum atomic E-state index is -0.513. The molecule has 0 amide bonds. The number of aliphatic hydroxyl groups is 1. The number of rotatable bonds is 7. The number of nitrogens with one attached hydrogen (secondary N) is 1. The lowest BCUT2D eigenvalue weighted by Crippen LogP contribution is -2.25. The maximum Gasteiger partial charge on any atom is 0.292 e. The molecule has 0 saturated carbocycles. The van der Waals surface area contributed by atoms with Crippen LogP contribution >= 0.6 is 34.8 Å². The Kier molecular flexibility index (Phi) is 6.91. The molecule has 0 aliphatic carbocycles. The molecule has 3 aromatic rings. The van der Waals surface area contributed by atoms with E-state index in [1.807, 2.05) is 18.2 Å². The fraction of sp³-hybridized carbons (Fsp3) is 0.211. The van der Waals surface area contributed by atoms with E-state index in [0.29, 0.717) is 29.4 Å². The van der Waals surface area contributed by atoms with Crippen molar-refractivity contribution < 1.29 is 5.11 Å². The minimum Gasteiger partial charge on any atom is -0.396 e. The number of anilines is 1. The van der Waals surface area contributed by atoms with Gasteiger partial charge in [0.25, 0.3) is 5.56 Å². The second kappa shape index (κ2) is 9.39. The molecule has 1 unspecified atom stereocenters. The van der Waals surface area contributed by atoms with Crippen molar-refractivity contribution in [2.75, 3.05) is 18.5 Å². The molecule has 0 spiro atoms. The van der Waals surface area contributed by atoms with Crippen LogP contribution in [-0.4, -0.2) is 33.0 Å². The quantitative estimate of drug-likeness (QED) is 0.584. The molecule has 2 N–H and O–H groups in total. The summed E-state index contributed by atoms with van der Waals surface area (Å²) in [6.45, 7) is 0.367. The summed E-state index contributed by atoms with van der Waals surface area (Å²) in [5.41, 5.74) is 1.13. The van der Waals surface area contributed by atoms with Gasteiger partial charge in [-0.15, -0.1) is 0 Å². The molecule has 9 heteroatoms. The van der Waals surface area contributed by atoms with E-state index in [0.717, 1.165) is 10.4 Å². The predicted molar refractivity (Wildman–Crippen MR) is 112 cm³/mol. The van der Waals surface area contributed by atoms with Crippen LogP contribution in [0.2, 0.25) is 15.1 Å². The number of pyridine rings is 1. The predicted octanol–water partition coefficient (Wildman–Crippen LogP) is 3.85. The van der Waals surface area contributed by atoms with E-state index in [9.17, 15) is 9.90 Å². The van der Waals surface area contributed by atoms with Gasteiger partial charge in [0, 0.05) is 36.0 Å². The van der Waals surface area contributed by atoms with Crippen molar-refractivity contribution in [3.05, 3.63) is 79.9 Å². The largest absolute Gasteiger partial charge is 0.396 e. The van der Waals surface area contributed by atoms with Gasteiger partial charge >= 0.3 is 0 Å². The highest BCUT2D eigenvalue weighted by molar-refractivity contribution is 6.36. The number of hydrogen-bond acceptors (Lipinski definition) is 5. The highest BCUT2D eigenvalue weighted by atomic mass is 35.5. The van der Waals surface area contributed by atoms with E-state index >= 15 is 0 Å². The highest BCUT2D eigenvalue weighted by Gasteiger charge is 2.15. The van der Waals surface area contributed by atoms with Gasteiger partial charge < -0.3 is 10.4 Å². The summed E-state index contributed by atoms with van der Waals surface area (Å²) in [5, 5.41) is 17.6. The first-order valence-corrected chi connectivity index (χ1v) is 9.61. The Hall–Kier alpha value is -2.12. The molecule has 0 radical (unpaired) electrons. The summed E-state index contributed by atoms with van der Waals surface area (Å²) in [4.78, 5) is 16.9. The van der Waals surface area contributed by atoms with Crippen molar-refractivity contribution in [2.24, 2.45) is 5.92 Å². The van der Waals surface area contributed by atoms with Crippen LogP contribution in [0.3, 0.4) is 0 Å². The number of nitrogens with zero attached hydrogens (tertiary/aromatic N) is 3. The summed E-state index contributed by atoms with van der Waals surface area (Å²) < 4.78 is 1.11. The monoisotopic (exact) mass is 438 g/mol. The summed E-state index contributed by atoms with van der Waals surface area (Å²) in [6, 6.07) is 10.4. The first kappa shape index (κ1) is 20.6. The number of benzene rings is 1. The molecule has 0 aliphatic rings. The molecule has 0 bridgehead atoms. The molecule has 0 fully saturated rings. The van der Waals surface area contributed by atoms with E-state index < -0.39 is 5.56 Å². The minimum absolute atomic E-state index is 0.0180. The van der Waals surface area contributed by atoms with Gasteiger partial charge in [-0.1, -0.05) is 40.9 Å². The lowest BCUT2D eigenvalue weighted by Gasteiger charge is -2.16. The fourth-order valence-corrected chi connectivity index (χ4v) is 3.34. The van der Waals surface area contributed by atoms with Gasteiger partial charge in [0.2, 0.25) is 0 Å². The normalized spacial score (nSPS) is 12.0. The Morgan fingerprint density at radius 2 is 2.00 bits per heavy atom. The number of aliphatic hydroxyl groups excluding tert-OH is 1. The van der Waals surface area contributed by atoms with Crippen LogP contribution in [0.4, 0.5) is 5.69 Å². The molecule has 0 saturated heterocycles. The molecule has 0 aliphatic heterocycles. The van der Waals surface area contributed by atoms with Crippen LogP contribution in [0.15, 0.2) is 53.6 Å². The van der Waals surface area contributed by atoms with Crippen LogP contribution in [-0.2, 0) is 6.42 Å². The van der Waals surface area contributed by atoms with E-state index in [4.69, 9.17) is 34.8 Å². The molecule has 2 aromatic heterocycles. The molecule has 6 nitrogen and oxygen atoms in total. The topological polar surface area (TPSA) is 80.0 Å². The molecule has 3 rings (SSSR count). The molecule has 1 atom stereocenters. The lowest BCUT2D eigenvalue weighted by molar-refractivity contribution is 0.232. The molecular weight excluding hydrogens is 423 g/mol. The van der Waals surface area contributed by atoms with Gasteiger partial charge in [-0.2, -0.15) is 9.78 Å². The van der Waals surface area contributed by atoms with Crippen molar-refractivity contribution in [1.82, 2.24) is 14.8 Å². The van der Waals surface area contributed by atoms with Gasteiger partial charge in [0.1, 0.15) is 5.02 Å². The van der Waals surface area contributed by atoms with Crippen LogP contribution in [0.5, 0.6) is 0 Å². The summed E-state index contributed by atoms with van der Waals surface area (Å²) in [5.74, 6) is -0.0980. The Morgan fingerprint density at radius 3 is 2.68 bits per heavy atom. The third-order valence-corrected chi connectivity index (χ3v) is 5.02. The van der Waals surface area contributed by atoms with Gasteiger partial charge in [-0.3, -0.25) is 9.78 Å². The third-order valence-electron chi connectivity index (χ3n) is 4.12. The maximum absolute atomic E-state index is 12.6. The van der Waals surface area contributed by atoms with Crippen LogP contribution in [0, 0.1) is 5.92 Å². The molecule has 146 valence electrons. The SMILES string of the molecule is O=c1c(Cl)c(NCC(CO)Cc2ccccn2)cnn1-c1ccc(Cl)cc1Cl. The Bertz CT molecular complexity index is 1010. The Labute approximate surface area is 176 Å². The first-order chi connectivity index (χ1) is 13.5. The van der Waals surface area contributed by atoms with Crippen LogP contribution in [0.1, 0.15) is 5.69 Å². The van der Waals surface area contributed by atoms with Crippen molar-refractivity contribution >= 4 is 40.5 Å². The third kappa shape index (κ3) is 4.83. The summed E-state index contributed by atoms with van der Waals surface area (Å²) in [6.07, 6.45) is 3.75. The Morgan fingerprint density at radius 1 is 1.18 bits per heavy atom. The molecule has 2 heterocycles. The number of halogens is 3. The summed E-state index contributed by atoms with van der Waals surface area (Å²) >= 11 is 18.3. The van der Waals surface area contributed by atoms with Crippen LogP contribution < -0.4 is 10.9 Å². The molecule has 1 aromatic carbocycles. The lowest BCUT2D eigenvalue weighted by atomic mass is 10.0. The average molecular weight is 440 g/mol. The maximum atomic E-state index is 12.6. The fourth-order valence-electron chi connectivity index (χ4n) is 2.65. The van der Waals surface area contributed by atoms with Crippen molar-refractivity contribution in [2.45, 2.75) is 6.42 Å². The highest BCUT2D eigenvalue weighted by Crippen LogP contribution is 2.24. The van der Waals surface area contributed by atoms with Crippen molar-refractivity contribution in [1.29, 1.82) is 0 Å². The second-order valence-corrected chi connectivity index (χ2v) is 7.36. The van der Waals surface area contributed by atoms with E-state index in [-0.39, 0.29) is 22.6 Å². The zero-order valence-electron chi connectivity index (χ0n) is 14.6. The van der Waals surface area contributed by atoms with Gasteiger partial charge in [-0.25, -0.2) is 0 Å². The molecule has 28 heavy (non-hydrogen) atoms. The smallest absolute Gasteiger partial charge is 0.292 e. The zero-order valence-corrected chi connectivity index (χ0v) is 16.9. The average Bonchev–Trinajstić information content (AvgIpc) is 2.69. The number of hydrogen-bond donors (Lipinski definition) is 2. The van der Waals surface area contributed by atoms with Crippen molar-refractivity contribution in [3.63, 3.8) is 0 Å². The Balaban J connectivity index is 1.76. The first-order valence-electron chi connectivity index (χ1n) is 8.47. The standard InChI is InChI=1S/C19H17Cl3N4O2/c20-13-4-5-17(15(21)8-13)26-19(28)18(22)16(10-25-26)24-9-12(11-27)7-14-3-1-2-6-23-14/h1-6,8,10,12,24,27H,7,9,11H2. The number of aromatic nitrogens is 3. The molecular formula is C19H17Cl3N4O2. The zero-order chi connectivity index (χ0) is 20.1.